The molecule has 0 aromatic heterocycles. The number of nitrogens with one attached hydrogen (secondary N) is 1. The lowest BCUT2D eigenvalue weighted by Gasteiger charge is -2.39. The van der Waals surface area contributed by atoms with Crippen molar-refractivity contribution in [3.63, 3.8) is 0 Å². The van der Waals surface area contributed by atoms with E-state index in [1.54, 1.807) is 0 Å². The van der Waals surface area contributed by atoms with E-state index >= 15 is 0 Å². The van der Waals surface area contributed by atoms with Gasteiger partial charge in [0.2, 0.25) is 5.91 Å². The van der Waals surface area contributed by atoms with Crippen LogP contribution in [0.4, 0.5) is 13.2 Å². The number of nitrogens with zero attached hydrogens (tertiary/aromatic N) is 3. The number of hydrogen-bond donors (Lipinski definition) is 2. The van der Waals surface area contributed by atoms with E-state index in [0.717, 1.165) is 59.4 Å². The summed E-state index contributed by atoms with van der Waals surface area (Å²) in [6.45, 7) is 5.39. The van der Waals surface area contributed by atoms with Crippen LogP contribution >= 0.6 is 0 Å². The van der Waals surface area contributed by atoms with Crippen LogP contribution in [0, 0.1) is 0 Å². The van der Waals surface area contributed by atoms with Crippen molar-refractivity contribution in [2.24, 2.45) is 0 Å². The molecule has 4 aliphatic rings. The van der Waals surface area contributed by atoms with Crippen molar-refractivity contribution in [3.8, 4) is 11.1 Å². The highest BCUT2D eigenvalue weighted by Gasteiger charge is 2.47. The molecule has 53 heavy (non-hydrogen) atoms. The van der Waals surface area contributed by atoms with Crippen LogP contribution in [0.2, 0.25) is 0 Å². The quantitative estimate of drug-likeness (QED) is 0.245. The van der Waals surface area contributed by atoms with Gasteiger partial charge in [-0.25, -0.2) is 0 Å². The Morgan fingerprint density at radius 3 is 2.28 bits per heavy atom. The highest BCUT2D eigenvalue weighted by atomic mass is 19.4. The van der Waals surface area contributed by atoms with Crippen molar-refractivity contribution in [1.82, 2.24) is 20.0 Å². The lowest BCUT2D eigenvalue weighted by molar-refractivity contribution is -0.253. The second-order valence-corrected chi connectivity index (χ2v) is 14.8. The van der Waals surface area contributed by atoms with Gasteiger partial charge in [0.15, 0.2) is 6.29 Å². The molecule has 5 atom stereocenters. The fourth-order valence-corrected chi connectivity index (χ4v) is 8.38. The predicted molar refractivity (Wildman–Crippen MR) is 193 cm³/mol. The number of carbonyl (C=O) groups excluding carboxylic acids is 2. The van der Waals surface area contributed by atoms with Crippen LogP contribution in [-0.2, 0) is 32.2 Å². The Labute approximate surface area is 309 Å². The minimum absolute atomic E-state index is 0.0179. The summed E-state index contributed by atoms with van der Waals surface area (Å²) in [4.78, 5) is 30.6. The van der Waals surface area contributed by atoms with Gasteiger partial charge in [-0.05, 0) is 98.1 Å². The highest BCUT2D eigenvalue weighted by Crippen LogP contribution is 2.40. The number of rotatable bonds is 11. The summed E-state index contributed by atoms with van der Waals surface area (Å²) >= 11 is 0. The third-order valence-corrected chi connectivity index (χ3v) is 11.2. The van der Waals surface area contributed by atoms with Gasteiger partial charge in [-0.1, -0.05) is 60.7 Å². The van der Waals surface area contributed by atoms with Gasteiger partial charge in [0, 0.05) is 44.2 Å². The molecule has 12 heteroatoms. The first-order valence-electron chi connectivity index (χ1n) is 19.0. The summed E-state index contributed by atoms with van der Waals surface area (Å²) in [5.74, 6) is -2.57. The molecule has 0 radical (unpaired) electrons. The van der Waals surface area contributed by atoms with Crippen molar-refractivity contribution in [3.05, 3.63) is 95.1 Å². The number of benzene rings is 3. The Hall–Kier alpha value is -3.81. The summed E-state index contributed by atoms with van der Waals surface area (Å²) in [5.41, 5.74) is 5.38. The number of aliphatic hydroxyl groups excluding tert-OH is 1. The minimum atomic E-state index is -5.02. The molecule has 0 aliphatic carbocycles. The van der Waals surface area contributed by atoms with Crippen molar-refractivity contribution in [2.75, 3.05) is 39.3 Å². The molecular weight excluding hydrogens is 685 g/mol. The third kappa shape index (κ3) is 9.12. The molecule has 3 aromatic carbocycles. The lowest BCUT2D eigenvalue weighted by Crippen LogP contribution is -2.50. The fraction of sp³-hybridized carbons (Fsp3) is 0.512. The number of alkyl halides is 3. The molecule has 9 nitrogen and oxygen atoms in total. The molecule has 4 fully saturated rings. The second kappa shape index (κ2) is 16.7. The molecule has 3 aromatic rings. The first kappa shape index (κ1) is 37.5. The molecule has 284 valence electrons. The summed E-state index contributed by atoms with van der Waals surface area (Å²) in [7, 11) is 0. The van der Waals surface area contributed by atoms with Crippen LogP contribution in [0.5, 0.6) is 0 Å². The molecule has 5 unspecified atom stereocenters. The van der Waals surface area contributed by atoms with Crippen LogP contribution in [-0.4, -0.2) is 95.3 Å². The zero-order chi connectivity index (χ0) is 37.0. The second-order valence-electron chi connectivity index (χ2n) is 14.8. The molecule has 2 amide bonds. The van der Waals surface area contributed by atoms with E-state index in [1.165, 1.54) is 38.8 Å². The molecule has 0 spiro atoms. The molecule has 7 rings (SSSR count). The van der Waals surface area contributed by atoms with Gasteiger partial charge in [-0.15, -0.1) is 0 Å². The summed E-state index contributed by atoms with van der Waals surface area (Å²) < 4.78 is 52.7. The van der Waals surface area contributed by atoms with Gasteiger partial charge in [0.05, 0.1) is 18.8 Å². The van der Waals surface area contributed by atoms with E-state index in [2.05, 4.69) is 21.2 Å². The number of halogens is 3. The molecule has 4 aliphatic heterocycles. The maximum Gasteiger partial charge on any atom is 0.471 e. The standard InChI is InChI=1S/C41H49F3N4O5/c42-41(43,44)40(51)48-20-6-12-36(48)38(50)45-24-29-7-3-8-31(21-29)32-9-4-10-33(22-32)39-52-35(23-37(53-39)30-15-13-28(27-49)14-16-30)26-47-19-5-11-34(47)25-46-17-1-2-18-46/h3-4,7-10,13-16,21-22,34-37,39,49H,1-2,5-6,11-12,17-20,23-27H2,(H,45,50). The maximum absolute atomic E-state index is 13.1. The van der Waals surface area contributed by atoms with Crippen molar-refractivity contribution >= 4 is 11.8 Å². The number of hydrogen-bond acceptors (Lipinski definition) is 7. The molecule has 0 bridgehead atoms. The summed E-state index contributed by atoms with van der Waals surface area (Å²) in [6, 6.07) is 23.0. The van der Waals surface area contributed by atoms with E-state index in [0.29, 0.717) is 17.4 Å². The van der Waals surface area contributed by atoms with Crippen LogP contribution in [0.3, 0.4) is 0 Å². The van der Waals surface area contributed by atoms with Gasteiger partial charge in [0.1, 0.15) is 6.04 Å². The zero-order valence-corrected chi connectivity index (χ0v) is 30.0. The average Bonchev–Trinajstić information content (AvgIpc) is 3.97. The number of ether oxygens (including phenoxy) is 2. The van der Waals surface area contributed by atoms with Crippen molar-refractivity contribution < 1.29 is 37.3 Å². The predicted octanol–water partition coefficient (Wildman–Crippen LogP) is 6.12. The van der Waals surface area contributed by atoms with E-state index in [9.17, 15) is 27.9 Å². The van der Waals surface area contributed by atoms with Crippen molar-refractivity contribution in [2.45, 2.75) is 94.9 Å². The molecule has 4 heterocycles. The SMILES string of the molecule is O=C(NCc1cccc(-c2cccc(C3OC(CN4CCCC4CN4CCCC4)CC(c4ccc(CO)cc4)O3)c2)c1)C1CCCN1C(=O)C(F)(F)F. The largest absolute Gasteiger partial charge is 0.471 e. The van der Waals surface area contributed by atoms with E-state index in [4.69, 9.17) is 9.47 Å². The Kier molecular flexibility index (Phi) is 11.8. The van der Waals surface area contributed by atoms with E-state index in [-0.39, 0.29) is 38.3 Å². The molecular formula is C41H49F3N4O5. The van der Waals surface area contributed by atoms with Gasteiger partial charge in [-0.3, -0.25) is 14.5 Å². The average molecular weight is 735 g/mol. The Morgan fingerprint density at radius 2 is 1.53 bits per heavy atom. The number of likely N-dealkylation sites (tertiary alicyclic amines) is 3. The van der Waals surface area contributed by atoms with Crippen LogP contribution < -0.4 is 5.32 Å². The van der Waals surface area contributed by atoms with Gasteiger partial charge in [-0.2, -0.15) is 13.2 Å². The minimum Gasteiger partial charge on any atom is -0.392 e. The first-order chi connectivity index (χ1) is 25.6. The first-order valence-corrected chi connectivity index (χ1v) is 19.0. The number of aliphatic hydroxyl groups is 1. The zero-order valence-electron chi connectivity index (χ0n) is 30.0. The van der Waals surface area contributed by atoms with Crippen molar-refractivity contribution in [1.29, 1.82) is 0 Å². The van der Waals surface area contributed by atoms with E-state index in [1.807, 2.05) is 66.7 Å². The molecule has 2 N–H and O–H groups in total. The Bertz CT molecular complexity index is 1720. The third-order valence-electron chi connectivity index (χ3n) is 11.2. The number of amides is 2. The summed E-state index contributed by atoms with van der Waals surface area (Å²) in [5, 5.41) is 12.4. The van der Waals surface area contributed by atoms with Crippen LogP contribution in [0.25, 0.3) is 11.1 Å². The van der Waals surface area contributed by atoms with Crippen LogP contribution in [0.1, 0.15) is 79.6 Å². The van der Waals surface area contributed by atoms with Crippen LogP contribution in [0.15, 0.2) is 72.8 Å². The number of carbonyl (C=O) groups is 2. The van der Waals surface area contributed by atoms with Gasteiger partial charge in [0.25, 0.3) is 0 Å². The maximum atomic E-state index is 13.1. The van der Waals surface area contributed by atoms with Gasteiger partial charge < -0.3 is 29.7 Å². The smallest absolute Gasteiger partial charge is 0.392 e. The van der Waals surface area contributed by atoms with Gasteiger partial charge >= 0.3 is 12.1 Å². The topological polar surface area (TPSA) is 94.6 Å². The Balaban J connectivity index is 1.05. The lowest BCUT2D eigenvalue weighted by atomic mass is 9.98. The van der Waals surface area contributed by atoms with E-state index < -0.39 is 30.3 Å². The highest BCUT2D eigenvalue weighted by molar-refractivity contribution is 5.90. The monoisotopic (exact) mass is 734 g/mol. The Morgan fingerprint density at radius 1 is 0.792 bits per heavy atom. The molecule has 4 saturated heterocycles. The normalized spacial score (nSPS) is 25.6. The molecule has 0 saturated carbocycles. The summed E-state index contributed by atoms with van der Waals surface area (Å²) in [6.07, 6.45) is 0.360. The fourth-order valence-electron chi connectivity index (χ4n) is 8.38.